The highest BCUT2D eigenvalue weighted by molar-refractivity contribution is 7.47. The topological polar surface area (TPSA) is 132 Å². The third-order valence-corrected chi connectivity index (χ3v) is 12.5. The lowest BCUT2D eigenvalue weighted by molar-refractivity contribution is -0.154. The van der Waals surface area contributed by atoms with Crippen LogP contribution in [0.3, 0.4) is 0 Å². The van der Waals surface area contributed by atoms with E-state index in [1.54, 1.807) is 0 Å². The highest BCUT2D eigenvalue weighted by atomic mass is 31.2. The number of carbonyl (C=O) groups is 1. The second kappa shape index (κ2) is 50.8. The molecule has 64 heavy (non-hydrogen) atoms. The minimum absolute atomic E-state index is 0.0502. The van der Waals surface area contributed by atoms with Gasteiger partial charge in [-0.15, -0.1) is 0 Å². The molecule has 3 atom stereocenters. The molecule has 10 heteroatoms. The van der Waals surface area contributed by atoms with E-state index >= 15 is 0 Å². The van der Waals surface area contributed by atoms with Crippen molar-refractivity contribution in [3.63, 3.8) is 0 Å². The number of esters is 1. The monoisotopic (exact) mass is 925 g/mol. The van der Waals surface area contributed by atoms with Crippen molar-refractivity contribution < 1.29 is 43.0 Å². The first kappa shape index (κ1) is 62.4. The van der Waals surface area contributed by atoms with Gasteiger partial charge in [0.1, 0.15) is 12.2 Å². The molecule has 0 saturated carbocycles. The summed E-state index contributed by atoms with van der Waals surface area (Å²) in [6.07, 6.45) is 59.4. The van der Waals surface area contributed by atoms with E-state index in [0.29, 0.717) is 6.61 Å². The molecule has 0 aromatic carbocycles. The van der Waals surface area contributed by atoms with E-state index in [1.165, 1.54) is 154 Å². The fourth-order valence-corrected chi connectivity index (χ4v) is 8.32. The van der Waals surface area contributed by atoms with Crippen LogP contribution >= 0.6 is 7.82 Å². The molecule has 0 heterocycles. The molecule has 0 rings (SSSR count). The molecule has 9 nitrogen and oxygen atoms in total. The molecule has 0 aromatic heterocycles. The maximum atomic E-state index is 12.7. The van der Waals surface area contributed by atoms with Gasteiger partial charge in [-0.3, -0.25) is 13.8 Å². The Morgan fingerprint density at radius 2 is 0.891 bits per heavy atom. The van der Waals surface area contributed by atoms with Gasteiger partial charge in [0, 0.05) is 13.0 Å². The molecular formula is C54H101O9P. The SMILES string of the molecule is CC/C=C\C/C=C\C/C=C\C/C=C\CCCCCCCCCCCCC(=O)OC(COCCCCCCCCCCCCCCCCCCCCCC)COP(=O)(O)OCC(O)CO. The van der Waals surface area contributed by atoms with Crippen molar-refractivity contribution in [3.05, 3.63) is 48.6 Å². The van der Waals surface area contributed by atoms with E-state index in [0.717, 1.165) is 70.6 Å². The third kappa shape index (κ3) is 49.8. The predicted octanol–water partition coefficient (Wildman–Crippen LogP) is 15.7. The molecule has 0 radical (unpaired) electrons. The molecular weight excluding hydrogens is 824 g/mol. The maximum absolute atomic E-state index is 12.7. The minimum atomic E-state index is -4.53. The fraction of sp³-hybridized carbons (Fsp3) is 0.833. The zero-order valence-corrected chi connectivity index (χ0v) is 42.4. The zero-order valence-electron chi connectivity index (χ0n) is 41.5. The van der Waals surface area contributed by atoms with Gasteiger partial charge < -0.3 is 24.6 Å². The molecule has 0 spiro atoms. The van der Waals surface area contributed by atoms with E-state index in [1.807, 2.05) is 0 Å². The van der Waals surface area contributed by atoms with Crippen molar-refractivity contribution in [2.75, 3.05) is 33.0 Å². The van der Waals surface area contributed by atoms with Crippen LogP contribution in [0.5, 0.6) is 0 Å². The lowest BCUT2D eigenvalue weighted by Gasteiger charge is -2.20. The second-order valence-electron chi connectivity index (χ2n) is 17.9. The van der Waals surface area contributed by atoms with Crippen LogP contribution in [0.1, 0.15) is 245 Å². The maximum Gasteiger partial charge on any atom is 0.472 e. The van der Waals surface area contributed by atoms with Crippen LogP contribution in [0.2, 0.25) is 0 Å². The zero-order chi connectivity index (χ0) is 46.7. The summed E-state index contributed by atoms with van der Waals surface area (Å²) in [5, 5.41) is 18.4. The number of hydrogen-bond donors (Lipinski definition) is 3. The lowest BCUT2D eigenvalue weighted by atomic mass is 10.0. The van der Waals surface area contributed by atoms with Crippen molar-refractivity contribution in [2.45, 2.75) is 257 Å². The Balaban J connectivity index is 4.04. The minimum Gasteiger partial charge on any atom is -0.457 e. The van der Waals surface area contributed by atoms with Gasteiger partial charge in [0.15, 0.2) is 0 Å². The molecule has 0 aliphatic carbocycles. The first-order valence-corrected chi connectivity index (χ1v) is 28.1. The van der Waals surface area contributed by atoms with Crippen molar-refractivity contribution in [1.82, 2.24) is 0 Å². The van der Waals surface area contributed by atoms with Gasteiger partial charge in [0.05, 0.1) is 26.4 Å². The van der Waals surface area contributed by atoms with Crippen LogP contribution in [0, 0.1) is 0 Å². The van der Waals surface area contributed by atoms with Gasteiger partial charge in [-0.1, -0.05) is 236 Å². The average molecular weight is 925 g/mol. The Hall–Kier alpha value is -1.58. The normalized spacial score (nSPS) is 14.1. The molecule has 0 fully saturated rings. The highest BCUT2D eigenvalue weighted by Gasteiger charge is 2.26. The Morgan fingerprint density at radius 1 is 0.500 bits per heavy atom. The van der Waals surface area contributed by atoms with Gasteiger partial charge >= 0.3 is 13.8 Å². The van der Waals surface area contributed by atoms with Crippen molar-refractivity contribution in [3.8, 4) is 0 Å². The smallest absolute Gasteiger partial charge is 0.457 e. The highest BCUT2D eigenvalue weighted by Crippen LogP contribution is 2.43. The number of ether oxygens (including phenoxy) is 2. The number of carbonyl (C=O) groups excluding carboxylic acids is 1. The average Bonchev–Trinajstić information content (AvgIpc) is 3.29. The van der Waals surface area contributed by atoms with Gasteiger partial charge in [-0.25, -0.2) is 4.57 Å². The summed E-state index contributed by atoms with van der Waals surface area (Å²) in [4.78, 5) is 22.7. The van der Waals surface area contributed by atoms with E-state index in [9.17, 15) is 19.4 Å². The van der Waals surface area contributed by atoms with Gasteiger partial charge in [-0.05, 0) is 51.4 Å². The largest absolute Gasteiger partial charge is 0.472 e. The summed E-state index contributed by atoms with van der Waals surface area (Å²) in [5.74, 6) is -0.384. The quantitative estimate of drug-likeness (QED) is 0.0236. The number of hydrogen-bond acceptors (Lipinski definition) is 8. The third-order valence-electron chi connectivity index (χ3n) is 11.5. The van der Waals surface area contributed by atoms with Crippen LogP contribution in [-0.4, -0.2) is 66.3 Å². The summed E-state index contributed by atoms with van der Waals surface area (Å²) < 4.78 is 33.6. The summed E-state index contributed by atoms with van der Waals surface area (Å²) in [5.41, 5.74) is 0. The molecule has 0 aliphatic rings. The van der Waals surface area contributed by atoms with Crippen LogP contribution in [0.25, 0.3) is 0 Å². The van der Waals surface area contributed by atoms with Crippen molar-refractivity contribution in [2.24, 2.45) is 0 Å². The lowest BCUT2D eigenvalue weighted by Crippen LogP contribution is -2.29. The first-order chi connectivity index (χ1) is 31.3. The van der Waals surface area contributed by atoms with Crippen LogP contribution in [0.15, 0.2) is 48.6 Å². The standard InChI is InChI=1S/C54H101O9P/c1-3-5-7-9-11-13-15-17-19-21-23-25-26-27-28-30-32-34-36-38-40-42-44-46-54(57)63-53(51-62-64(58,59)61-49-52(56)48-55)50-60-47-45-43-41-39-37-35-33-31-29-24-22-20-18-16-14-12-10-8-6-4-2/h5,7,11,13,17,19,23,25,52-53,55-56H,3-4,6,8-10,12,14-16,18,20-22,24,26-51H2,1-2H3,(H,58,59)/b7-5-,13-11-,19-17-,25-23-. The van der Waals surface area contributed by atoms with E-state index < -0.39 is 33.2 Å². The number of unbranched alkanes of at least 4 members (excludes halogenated alkanes) is 29. The molecule has 0 bridgehead atoms. The van der Waals surface area contributed by atoms with E-state index in [2.05, 4.69) is 62.5 Å². The molecule has 3 unspecified atom stereocenters. The number of phosphoric ester groups is 1. The van der Waals surface area contributed by atoms with E-state index in [-0.39, 0.29) is 25.6 Å². The fourth-order valence-electron chi connectivity index (χ4n) is 7.53. The Labute approximate surface area is 394 Å². The molecule has 0 aliphatic heterocycles. The number of phosphoric acid groups is 1. The number of rotatable bonds is 51. The number of aliphatic hydroxyl groups excluding tert-OH is 2. The molecule has 0 aromatic rings. The number of aliphatic hydroxyl groups is 2. The first-order valence-electron chi connectivity index (χ1n) is 26.6. The van der Waals surface area contributed by atoms with Crippen LogP contribution < -0.4 is 0 Å². The summed E-state index contributed by atoms with van der Waals surface area (Å²) in [7, 11) is -4.53. The van der Waals surface area contributed by atoms with Gasteiger partial charge in [0.25, 0.3) is 0 Å². The molecule has 376 valence electrons. The van der Waals surface area contributed by atoms with Gasteiger partial charge in [-0.2, -0.15) is 0 Å². The Morgan fingerprint density at radius 3 is 1.34 bits per heavy atom. The molecule has 3 N–H and O–H groups in total. The molecule has 0 saturated heterocycles. The van der Waals surface area contributed by atoms with Crippen molar-refractivity contribution >= 4 is 13.8 Å². The van der Waals surface area contributed by atoms with Crippen LogP contribution in [-0.2, 0) is 27.9 Å². The predicted molar refractivity (Wildman–Crippen MR) is 270 cm³/mol. The second-order valence-corrected chi connectivity index (χ2v) is 19.3. The van der Waals surface area contributed by atoms with Gasteiger partial charge in [0.2, 0.25) is 0 Å². The number of allylic oxidation sites excluding steroid dienone is 8. The van der Waals surface area contributed by atoms with E-state index in [4.69, 9.17) is 23.6 Å². The summed E-state index contributed by atoms with van der Waals surface area (Å²) in [6, 6.07) is 0. The van der Waals surface area contributed by atoms with Crippen molar-refractivity contribution in [1.29, 1.82) is 0 Å². The molecule has 0 amide bonds. The Bertz CT molecular complexity index is 1140. The van der Waals surface area contributed by atoms with Crippen LogP contribution in [0.4, 0.5) is 0 Å². The Kier molecular flexibility index (Phi) is 49.6. The summed E-state index contributed by atoms with van der Waals surface area (Å²) in [6.45, 7) is 3.45. The summed E-state index contributed by atoms with van der Waals surface area (Å²) >= 11 is 0.